The minimum atomic E-state index is -1.08. The van der Waals surface area contributed by atoms with E-state index in [0.717, 1.165) is 23.4 Å². The molecule has 1 amide bonds. The van der Waals surface area contributed by atoms with Gasteiger partial charge in [0.2, 0.25) is 5.91 Å². The lowest BCUT2D eigenvalue weighted by atomic mass is 10.0. The number of carboxylic acid groups (broad SMARTS) is 1. The van der Waals surface area contributed by atoms with Crippen LogP contribution >= 0.6 is 0 Å². The second-order valence-electron chi connectivity index (χ2n) is 7.86. The number of fused-ring (bicyclic) bond motifs is 1. The van der Waals surface area contributed by atoms with E-state index < -0.39 is 12.0 Å². The van der Waals surface area contributed by atoms with Crippen LogP contribution in [0.15, 0.2) is 72.8 Å². The Balaban J connectivity index is 1.38. The topological polar surface area (TPSA) is 92.9 Å². The number of nitrogens with zero attached hydrogens (tertiary/aromatic N) is 1. The molecule has 4 rings (SSSR count). The van der Waals surface area contributed by atoms with Crippen molar-refractivity contribution in [3.63, 3.8) is 0 Å². The maximum atomic E-state index is 12.6. The molecule has 0 radical (unpaired) electrons. The molecule has 0 saturated heterocycles. The van der Waals surface area contributed by atoms with Gasteiger partial charge >= 0.3 is 5.97 Å². The third kappa shape index (κ3) is 4.81. The van der Waals surface area contributed by atoms with Crippen molar-refractivity contribution in [1.82, 2.24) is 0 Å². The van der Waals surface area contributed by atoms with Gasteiger partial charge in [0.15, 0.2) is 0 Å². The number of hydrogen-bond donors (Lipinski definition) is 2. The van der Waals surface area contributed by atoms with Crippen LogP contribution < -0.4 is 15.4 Å². The number of aliphatic carboxylic acids is 1. The summed E-state index contributed by atoms with van der Waals surface area (Å²) in [5.41, 5.74) is 11.1. The summed E-state index contributed by atoms with van der Waals surface area (Å²) >= 11 is 0. The zero-order chi connectivity index (χ0) is 22.5. The average Bonchev–Trinajstić information content (AvgIpc) is 3.24. The molecule has 1 heterocycles. The van der Waals surface area contributed by atoms with Gasteiger partial charge in [0.25, 0.3) is 0 Å². The number of hydrogen-bond acceptors (Lipinski definition) is 4. The van der Waals surface area contributed by atoms with Crippen molar-refractivity contribution in [2.45, 2.75) is 25.3 Å². The Morgan fingerprint density at radius 2 is 1.69 bits per heavy atom. The van der Waals surface area contributed by atoms with Gasteiger partial charge in [-0.1, -0.05) is 60.7 Å². The molecular weight excluding hydrogens is 404 g/mol. The molecule has 1 aliphatic rings. The summed E-state index contributed by atoms with van der Waals surface area (Å²) in [6, 6.07) is 23.3. The van der Waals surface area contributed by atoms with Gasteiger partial charge in [0.05, 0.1) is 24.8 Å². The Kier molecular flexibility index (Phi) is 6.52. The summed E-state index contributed by atoms with van der Waals surface area (Å²) in [6.45, 7) is 0.996. The minimum absolute atomic E-state index is 0.373. The van der Waals surface area contributed by atoms with Crippen LogP contribution in [-0.2, 0) is 22.4 Å². The fourth-order valence-corrected chi connectivity index (χ4v) is 4.02. The number of carboxylic acids is 1. The molecule has 164 valence electrons. The Hall–Kier alpha value is -3.64. The molecule has 0 spiro atoms. The minimum Gasteiger partial charge on any atom is -0.493 e. The number of ether oxygens (including phenoxy) is 1. The third-order valence-corrected chi connectivity index (χ3v) is 5.67. The first kappa shape index (κ1) is 21.6. The molecule has 0 saturated carbocycles. The number of carbonyl (C=O) groups is 2. The summed E-state index contributed by atoms with van der Waals surface area (Å²) in [4.78, 5) is 25.0. The average molecular weight is 431 g/mol. The first-order chi connectivity index (χ1) is 15.5. The maximum Gasteiger partial charge on any atom is 0.305 e. The van der Waals surface area contributed by atoms with Crippen molar-refractivity contribution in [3.8, 4) is 16.9 Å². The lowest BCUT2D eigenvalue weighted by molar-refractivity contribution is -0.139. The van der Waals surface area contributed by atoms with E-state index in [1.165, 1.54) is 16.7 Å². The van der Waals surface area contributed by atoms with Crippen molar-refractivity contribution in [2.24, 2.45) is 5.73 Å². The van der Waals surface area contributed by atoms with Gasteiger partial charge in [0, 0.05) is 18.5 Å². The van der Waals surface area contributed by atoms with Gasteiger partial charge < -0.3 is 20.5 Å². The SMILES string of the molecule is NC(CC(=O)O)C(=O)N1CCc2c(OCCc3ccc(-c4ccccc4)cc3)cccc21. The van der Waals surface area contributed by atoms with Crippen LogP contribution in [0.1, 0.15) is 17.5 Å². The van der Waals surface area contributed by atoms with E-state index in [1.54, 1.807) is 4.90 Å². The van der Waals surface area contributed by atoms with Crippen molar-refractivity contribution < 1.29 is 19.4 Å². The van der Waals surface area contributed by atoms with Gasteiger partial charge in [-0.2, -0.15) is 0 Å². The van der Waals surface area contributed by atoms with E-state index in [9.17, 15) is 9.59 Å². The van der Waals surface area contributed by atoms with Crippen LogP contribution in [0, 0.1) is 0 Å². The van der Waals surface area contributed by atoms with Crippen molar-refractivity contribution in [1.29, 1.82) is 0 Å². The highest BCUT2D eigenvalue weighted by Gasteiger charge is 2.31. The largest absolute Gasteiger partial charge is 0.493 e. The van der Waals surface area contributed by atoms with Crippen LogP contribution in [0.2, 0.25) is 0 Å². The fourth-order valence-electron chi connectivity index (χ4n) is 4.02. The highest BCUT2D eigenvalue weighted by molar-refractivity contribution is 6.00. The summed E-state index contributed by atoms with van der Waals surface area (Å²) < 4.78 is 6.06. The van der Waals surface area contributed by atoms with Crippen LogP contribution in [-0.4, -0.2) is 36.2 Å². The van der Waals surface area contributed by atoms with E-state index >= 15 is 0 Å². The molecule has 1 unspecified atom stereocenters. The highest BCUT2D eigenvalue weighted by atomic mass is 16.5. The van der Waals surface area contributed by atoms with Gasteiger partial charge in [-0.15, -0.1) is 0 Å². The van der Waals surface area contributed by atoms with E-state index in [2.05, 4.69) is 36.4 Å². The van der Waals surface area contributed by atoms with E-state index in [1.807, 2.05) is 36.4 Å². The highest BCUT2D eigenvalue weighted by Crippen LogP contribution is 2.35. The van der Waals surface area contributed by atoms with Gasteiger partial charge in [-0.3, -0.25) is 9.59 Å². The molecular formula is C26H26N2O4. The van der Waals surface area contributed by atoms with Crippen LogP contribution in [0.3, 0.4) is 0 Å². The predicted molar refractivity (Wildman–Crippen MR) is 124 cm³/mol. The quantitative estimate of drug-likeness (QED) is 0.569. The molecule has 6 heteroatoms. The van der Waals surface area contributed by atoms with Gasteiger partial charge in [0.1, 0.15) is 5.75 Å². The molecule has 0 fully saturated rings. The smallest absolute Gasteiger partial charge is 0.305 e. The first-order valence-electron chi connectivity index (χ1n) is 10.7. The maximum absolute atomic E-state index is 12.6. The molecule has 1 aliphatic heterocycles. The van der Waals surface area contributed by atoms with Gasteiger partial charge in [-0.25, -0.2) is 0 Å². The van der Waals surface area contributed by atoms with Crippen molar-refractivity contribution in [2.75, 3.05) is 18.1 Å². The molecule has 0 bridgehead atoms. The number of amides is 1. The van der Waals surface area contributed by atoms with Crippen LogP contribution in [0.25, 0.3) is 11.1 Å². The molecule has 32 heavy (non-hydrogen) atoms. The lowest BCUT2D eigenvalue weighted by Crippen LogP contribution is -2.44. The normalized spacial score (nSPS) is 13.5. The zero-order valence-electron chi connectivity index (χ0n) is 17.7. The molecule has 6 nitrogen and oxygen atoms in total. The van der Waals surface area contributed by atoms with E-state index in [-0.39, 0.29) is 12.3 Å². The zero-order valence-corrected chi connectivity index (χ0v) is 17.7. The number of nitrogens with two attached hydrogens (primary N) is 1. The van der Waals surface area contributed by atoms with Crippen molar-refractivity contribution in [3.05, 3.63) is 83.9 Å². The Morgan fingerprint density at radius 1 is 0.969 bits per heavy atom. The fraction of sp³-hybridized carbons (Fsp3) is 0.231. The van der Waals surface area contributed by atoms with E-state index in [0.29, 0.717) is 19.6 Å². The summed E-state index contributed by atoms with van der Waals surface area (Å²) in [5.74, 6) is -0.702. The monoisotopic (exact) mass is 430 g/mol. The number of rotatable bonds is 8. The predicted octanol–water partition coefficient (Wildman–Crippen LogP) is 3.67. The van der Waals surface area contributed by atoms with Crippen LogP contribution in [0.5, 0.6) is 5.75 Å². The second kappa shape index (κ2) is 9.66. The Labute approximate surface area is 187 Å². The Morgan fingerprint density at radius 3 is 2.41 bits per heavy atom. The number of carbonyl (C=O) groups excluding carboxylic acids is 1. The third-order valence-electron chi connectivity index (χ3n) is 5.67. The summed E-state index contributed by atoms with van der Waals surface area (Å²) in [5, 5.41) is 8.91. The molecule has 3 N–H and O–H groups in total. The second-order valence-corrected chi connectivity index (χ2v) is 7.86. The Bertz CT molecular complexity index is 1100. The molecule has 1 atom stereocenters. The summed E-state index contributed by atoms with van der Waals surface area (Å²) in [6.07, 6.45) is 1.04. The van der Waals surface area contributed by atoms with Gasteiger partial charge in [-0.05, 0) is 35.2 Å². The first-order valence-corrected chi connectivity index (χ1v) is 10.7. The van der Waals surface area contributed by atoms with Crippen LogP contribution in [0.4, 0.5) is 5.69 Å². The summed E-state index contributed by atoms with van der Waals surface area (Å²) in [7, 11) is 0. The molecule has 3 aromatic carbocycles. The molecule has 3 aromatic rings. The molecule has 0 aliphatic carbocycles. The lowest BCUT2D eigenvalue weighted by Gasteiger charge is -2.21. The molecule has 0 aromatic heterocycles. The number of benzene rings is 3. The number of anilines is 1. The van der Waals surface area contributed by atoms with Crippen molar-refractivity contribution >= 4 is 17.6 Å². The van der Waals surface area contributed by atoms with E-state index in [4.69, 9.17) is 15.6 Å². The standard InChI is InChI=1S/C26H26N2O4/c27-22(17-25(29)30)26(31)28-15-13-21-23(28)7-4-8-24(21)32-16-14-18-9-11-20(12-10-18)19-5-2-1-3-6-19/h1-12,22H,13-17,27H2,(H,29,30).